The monoisotopic (exact) mass is 328 g/mol. The van der Waals surface area contributed by atoms with Crippen LogP contribution in [0.4, 0.5) is 0 Å². The number of aryl methyl sites for hydroxylation is 2. The van der Waals surface area contributed by atoms with E-state index in [2.05, 4.69) is 52.9 Å². The third-order valence-electron chi connectivity index (χ3n) is 4.86. The largest absolute Gasteiger partial charge is 0.431 e. The summed E-state index contributed by atoms with van der Waals surface area (Å²) >= 11 is 0. The van der Waals surface area contributed by atoms with E-state index in [0.717, 1.165) is 0 Å². The molecule has 25 heavy (non-hydrogen) atoms. The maximum absolute atomic E-state index is 10.1. The third-order valence-corrected chi connectivity index (χ3v) is 4.86. The van der Waals surface area contributed by atoms with Gasteiger partial charge in [0.1, 0.15) is 0 Å². The van der Waals surface area contributed by atoms with E-state index in [9.17, 15) is 4.79 Å². The molecule has 1 aromatic heterocycles. The van der Waals surface area contributed by atoms with Crippen molar-refractivity contribution in [1.82, 2.24) is 0 Å². The summed E-state index contributed by atoms with van der Waals surface area (Å²) < 4.78 is 4.37. The lowest BCUT2D eigenvalue weighted by Crippen LogP contribution is -2.02. The Balaban J connectivity index is 0.000000190. The van der Waals surface area contributed by atoms with Gasteiger partial charge in [-0.25, -0.2) is 4.79 Å². The average Bonchev–Trinajstić information content (AvgIpc) is 2.68. The van der Waals surface area contributed by atoms with E-state index < -0.39 is 0 Å². The lowest BCUT2D eigenvalue weighted by Gasteiger charge is -2.18. The van der Waals surface area contributed by atoms with Crippen LogP contribution in [-0.2, 0) is 12.8 Å². The molecule has 2 heteroatoms. The van der Waals surface area contributed by atoms with Crippen LogP contribution in [0.1, 0.15) is 24.0 Å². The Morgan fingerprint density at radius 1 is 0.680 bits per heavy atom. The summed E-state index contributed by atoms with van der Waals surface area (Å²) in [6.07, 6.45) is 6.57. The SMILES string of the molecule is O=c1cccco1.c1ccc2c(c1)ccc1c3c(ccc12)CCCC3. The van der Waals surface area contributed by atoms with Crippen molar-refractivity contribution in [3.8, 4) is 0 Å². The highest BCUT2D eigenvalue weighted by Gasteiger charge is 2.13. The molecule has 0 amide bonds. The maximum atomic E-state index is 10.1. The van der Waals surface area contributed by atoms with Gasteiger partial charge in [0, 0.05) is 6.07 Å². The molecule has 0 saturated heterocycles. The first kappa shape index (κ1) is 15.6. The van der Waals surface area contributed by atoms with E-state index in [1.807, 2.05) is 0 Å². The Hall–Kier alpha value is -2.87. The summed E-state index contributed by atoms with van der Waals surface area (Å²) in [5.74, 6) is 0. The first-order valence-corrected chi connectivity index (χ1v) is 8.79. The van der Waals surface area contributed by atoms with Gasteiger partial charge in [0.2, 0.25) is 0 Å². The minimum absolute atomic E-state index is 0.303. The van der Waals surface area contributed by atoms with Crippen LogP contribution >= 0.6 is 0 Å². The van der Waals surface area contributed by atoms with Crippen LogP contribution in [0, 0.1) is 0 Å². The van der Waals surface area contributed by atoms with Crippen LogP contribution in [0.5, 0.6) is 0 Å². The molecule has 1 aliphatic rings. The maximum Gasteiger partial charge on any atom is 0.335 e. The molecule has 2 nitrogen and oxygen atoms in total. The van der Waals surface area contributed by atoms with Crippen molar-refractivity contribution in [2.45, 2.75) is 25.7 Å². The summed E-state index contributed by atoms with van der Waals surface area (Å²) in [6, 6.07) is 22.6. The molecule has 3 aromatic carbocycles. The lowest BCUT2D eigenvalue weighted by molar-refractivity contribution is 0.511. The van der Waals surface area contributed by atoms with Crippen LogP contribution in [0.2, 0.25) is 0 Å². The standard InChI is InChI=1S/C18H16.C5H4O2/c1-3-7-15-13(5-1)9-11-18-16-8-4-2-6-14(16)10-12-17(15)18;6-5-3-1-2-4-7-5/h1,3,5,7,9-12H,2,4,6,8H2;1-4H. The molecule has 1 heterocycles. The highest BCUT2D eigenvalue weighted by molar-refractivity contribution is 6.08. The second-order valence-electron chi connectivity index (χ2n) is 6.42. The predicted molar refractivity (Wildman–Crippen MR) is 103 cm³/mol. The van der Waals surface area contributed by atoms with Crippen LogP contribution in [0.3, 0.4) is 0 Å². The Morgan fingerprint density at radius 2 is 1.48 bits per heavy atom. The molecule has 0 N–H and O–H groups in total. The Kier molecular flexibility index (Phi) is 4.34. The molecule has 4 aromatic rings. The highest BCUT2D eigenvalue weighted by Crippen LogP contribution is 2.33. The van der Waals surface area contributed by atoms with Gasteiger partial charge in [0.15, 0.2) is 0 Å². The van der Waals surface area contributed by atoms with Gasteiger partial charge >= 0.3 is 5.63 Å². The smallest absolute Gasteiger partial charge is 0.335 e. The molecule has 0 unspecified atom stereocenters. The zero-order chi connectivity index (χ0) is 17.1. The molecule has 124 valence electrons. The van der Waals surface area contributed by atoms with Gasteiger partial charge in [-0.05, 0) is 64.4 Å². The second-order valence-corrected chi connectivity index (χ2v) is 6.42. The van der Waals surface area contributed by atoms with Gasteiger partial charge in [-0.15, -0.1) is 0 Å². The molecule has 0 bridgehead atoms. The molecule has 0 saturated carbocycles. The Labute approximate surface area is 146 Å². The Morgan fingerprint density at radius 3 is 2.28 bits per heavy atom. The first-order valence-electron chi connectivity index (χ1n) is 8.79. The van der Waals surface area contributed by atoms with Crippen LogP contribution in [-0.4, -0.2) is 0 Å². The van der Waals surface area contributed by atoms with Crippen LogP contribution in [0.25, 0.3) is 21.5 Å². The summed E-state index contributed by atoms with van der Waals surface area (Å²) in [5, 5.41) is 5.64. The van der Waals surface area contributed by atoms with Crippen LogP contribution in [0.15, 0.2) is 82.2 Å². The van der Waals surface area contributed by atoms with Gasteiger partial charge in [-0.3, -0.25) is 0 Å². The quantitative estimate of drug-likeness (QED) is 0.398. The van der Waals surface area contributed by atoms with Crippen molar-refractivity contribution in [1.29, 1.82) is 0 Å². The van der Waals surface area contributed by atoms with Crippen molar-refractivity contribution in [2.75, 3.05) is 0 Å². The summed E-state index contributed by atoms with van der Waals surface area (Å²) in [7, 11) is 0. The fraction of sp³-hybridized carbons (Fsp3) is 0.174. The van der Waals surface area contributed by atoms with E-state index in [1.165, 1.54) is 59.6 Å². The number of hydrogen-bond acceptors (Lipinski definition) is 2. The number of fused-ring (bicyclic) bond motifs is 5. The fourth-order valence-electron chi connectivity index (χ4n) is 3.67. The predicted octanol–water partition coefficient (Wildman–Crippen LogP) is 5.51. The number of benzene rings is 3. The van der Waals surface area contributed by atoms with E-state index in [0.29, 0.717) is 0 Å². The molecule has 0 aliphatic heterocycles. The fourth-order valence-corrected chi connectivity index (χ4v) is 3.67. The van der Waals surface area contributed by atoms with Crippen molar-refractivity contribution >= 4 is 21.5 Å². The van der Waals surface area contributed by atoms with E-state index in [1.54, 1.807) is 23.3 Å². The highest BCUT2D eigenvalue weighted by atomic mass is 16.4. The van der Waals surface area contributed by atoms with Crippen molar-refractivity contribution in [2.24, 2.45) is 0 Å². The normalized spacial score (nSPS) is 13.1. The minimum atomic E-state index is -0.303. The van der Waals surface area contributed by atoms with E-state index >= 15 is 0 Å². The number of rotatable bonds is 0. The second kappa shape index (κ2) is 6.94. The molecule has 0 radical (unpaired) electrons. The van der Waals surface area contributed by atoms with Crippen LogP contribution < -0.4 is 5.63 Å². The minimum Gasteiger partial charge on any atom is -0.431 e. The molecular formula is C23H20O2. The van der Waals surface area contributed by atoms with E-state index in [-0.39, 0.29) is 5.63 Å². The van der Waals surface area contributed by atoms with Crippen molar-refractivity contribution < 1.29 is 4.42 Å². The molecular weight excluding hydrogens is 308 g/mol. The van der Waals surface area contributed by atoms with Gasteiger partial charge in [-0.2, -0.15) is 0 Å². The van der Waals surface area contributed by atoms with Gasteiger partial charge in [0.05, 0.1) is 6.26 Å². The van der Waals surface area contributed by atoms with Crippen molar-refractivity contribution in [3.05, 3.63) is 94.5 Å². The van der Waals surface area contributed by atoms with E-state index in [4.69, 9.17) is 0 Å². The van der Waals surface area contributed by atoms with Crippen molar-refractivity contribution in [3.63, 3.8) is 0 Å². The third kappa shape index (κ3) is 3.20. The Bertz CT molecular complexity index is 1060. The summed E-state index contributed by atoms with van der Waals surface area (Å²) in [5.41, 5.74) is 2.87. The van der Waals surface area contributed by atoms with Gasteiger partial charge in [-0.1, -0.05) is 54.6 Å². The molecule has 0 fully saturated rings. The molecule has 0 atom stereocenters. The lowest BCUT2D eigenvalue weighted by atomic mass is 9.86. The molecule has 5 rings (SSSR count). The summed E-state index contributed by atoms with van der Waals surface area (Å²) in [6.45, 7) is 0. The number of hydrogen-bond donors (Lipinski definition) is 0. The molecule has 0 spiro atoms. The zero-order valence-corrected chi connectivity index (χ0v) is 14.1. The zero-order valence-electron chi connectivity index (χ0n) is 14.1. The topological polar surface area (TPSA) is 30.2 Å². The first-order chi connectivity index (χ1) is 12.3. The van der Waals surface area contributed by atoms with Gasteiger partial charge in [0.25, 0.3) is 0 Å². The van der Waals surface area contributed by atoms with Gasteiger partial charge < -0.3 is 4.42 Å². The average molecular weight is 328 g/mol. The molecule has 1 aliphatic carbocycles. The summed E-state index contributed by atoms with van der Waals surface area (Å²) in [4.78, 5) is 10.1.